The summed E-state index contributed by atoms with van der Waals surface area (Å²) in [6.07, 6.45) is 0.385. The van der Waals surface area contributed by atoms with Crippen molar-refractivity contribution in [1.29, 1.82) is 0 Å². The maximum absolute atomic E-state index is 11.5. The fourth-order valence-corrected chi connectivity index (χ4v) is 4.34. The predicted molar refractivity (Wildman–Crippen MR) is 80.4 cm³/mol. The number of hydrogen-bond acceptors (Lipinski definition) is 5. The first-order valence-electron chi connectivity index (χ1n) is 6.39. The van der Waals surface area contributed by atoms with E-state index < -0.39 is 15.4 Å². The summed E-state index contributed by atoms with van der Waals surface area (Å²) < 4.78 is 24.5. The van der Waals surface area contributed by atoms with Gasteiger partial charge < -0.3 is 5.11 Å². The molecule has 1 aliphatic heterocycles. The summed E-state index contributed by atoms with van der Waals surface area (Å²) in [5.41, 5.74) is 0.139. The molecule has 3 rings (SSSR count). The van der Waals surface area contributed by atoms with Crippen molar-refractivity contribution in [2.24, 2.45) is 0 Å². The topological polar surface area (TPSA) is 85.1 Å². The van der Waals surface area contributed by atoms with Crippen LogP contribution in [0.5, 0.6) is 0 Å². The number of benzene rings is 1. The lowest BCUT2D eigenvalue weighted by atomic mass is 9.97. The van der Waals surface area contributed by atoms with Crippen molar-refractivity contribution >= 4 is 44.1 Å². The van der Waals surface area contributed by atoms with Crippen LogP contribution in [-0.2, 0) is 16.4 Å². The van der Waals surface area contributed by atoms with Gasteiger partial charge in [0.1, 0.15) is 5.52 Å². The van der Waals surface area contributed by atoms with Gasteiger partial charge in [0.05, 0.1) is 39.2 Å². The van der Waals surface area contributed by atoms with Crippen LogP contribution >= 0.6 is 23.2 Å². The Balaban J connectivity index is 1.90. The van der Waals surface area contributed by atoms with E-state index in [0.717, 1.165) is 0 Å². The number of rotatable bonds is 2. The van der Waals surface area contributed by atoms with Crippen LogP contribution in [0.25, 0.3) is 11.0 Å². The number of sulfone groups is 1. The molecule has 0 bridgehead atoms. The Kier molecular flexibility index (Phi) is 3.64. The van der Waals surface area contributed by atoms with Crippen LogP contribution in [0.4, 0.5) is 0 Å². The highest BCUT2D eigenvalue weighted by molar-refractivity contribution is 7.91. The minimum atomic E-state index is -3.03. The number of hydrogen-bond donors (Lipinski definition) is 1. The summed E-state index contributed by atoms with van der Waals surface area (Å²) in [6.45, 7) is 0.178. The van der Waals surface area contributed by atoms with Crippen LogP contribution in [0.2, 0.25) is 10.0 Å². The summed E-state index contributed by atoms with van der Waals surface area (Å²) in [7, 11) is -3.03. The van der Waals surface area contributed by atoms with E-state index in [1.807, 2.05) is 0 Å². The monoisotopic (exact) mass is 349 g/mol. The second-order valence-electron chi connectivity index (χ2n) is 5.38. The van der Waals surface area contributed by atoms with E-state index in [2.05, 4.69) is 10.3 Å². The summed E-state index contributed by atoms with van der Waals surface area (Å²) in [6, 6.07) is 3.25. The Bertz CT molecular complexity index is 789. The third-order valence-electron chi connectivity index (χ3n) is 3.76. The molecule has 6 nitrogen and oxygen atoms in total. The highest BCUT2D eigenvalue weighted by Crippen LogP contribution is 2.29. The van der Waals surface area contributed by atoms with E-state index in [1.54, 1.807) is 12.1 Å². The molecule has 1 fully saturated rings. The number of fused-ring (bicyclic) bond motifs is 1. The standard InChI is InChI=1S/C12H13Cl2N3O3S/c13-8-5-10-11(6-9(8)14)17(16-15-10)7-12(18)1-3-21(19,20)4-2-12/h5-6,18H,1-4,7H2. The van der Waals surface area contributed by atoms with Gasteiger partial charge in [-0.05, 0) is 25.0 Å². The Morgan fingerprint density at radius 1 is 1.24 bits per heavy atom. The van der Waals surface area contributed by atoms with E-state index in [9.17, 15) is 13.5 Å². The zero-order chi connectivity index (χ0) is 15.3. The lowest BCUT2D eigenvalue weighted by molar-refractivity contribution is 0.0107. The summed E-state index contributed by atoms with van der Waals surface area (Å²) in [5.74, 6) is -0.0224. The number of aliphatic hydroxyl groups is 1. The molecule has 1 aromatic heterocycles. The van der Waals surface area contributed by atoms with Crippen molar-refractivity contribution in [3.05, 3.63) is 22.2 Å². The van der Waals surface area contributed by atoms with Crippen LogP contribution in [0.1, 0.15) is 12.8 Å². The Labute approximate surface area is 131 Å². The molecular formula is C12H13Cl2N3O3S. The van der Waals surface area contributed by atoms with Gasteiger partial charge >= 0.3 is 0 Å². The van der Waals surface area contributed by atoms with Gasteiger partial charge in [-0.2, -0.15) is 0 Å². The molecule has 114 valence electrons. The van der Waals surface area contributed by atoms with Gasteiger partial charge in [0.2, 0.25) is 0 Å². The summed E-state index contributed by atoms with van der Waals surface area (Å²) in [4.78, 5) is 0. The zero-order valence-electron chi connectivity index (χ0n) is 11.0. The molecule has 1 aromatic carbocycles. The molecule has 0 radical (unpaired) electrons. The Morgan fingerprint density at radius 3 is 2.52 bits per heavy atom. The zero-order valence-corrected chi connectivity index (χ0v) is 13.3. The van der Waals surface area contributed by atoms with E-state index in [0.29, 0.717) is 21.1 Å². The van der Waals surface area contributed by atoms with Gasteiger partial charge in [0.25, 0.3) is 0 Å². The first kappa shape index (κ1) is 15.0. The molecule has 0 saturated carbocycles. The fourth-order valence-electron chi connectivity index (χ4n) is 2.43. The van der Waals surface area contributed by atoms with Crippen LogP contribution in [0.15, 0.2) is 12.1 Å². The maximum Gasteiger partial charge on any atom is 0.150 e. The maximum atomic E-state index is 11.5. The number of halogens is 2. The van der Waals surface area contributed by atoms with Gasteiger partial charge in [0, 0.05) is 0 Å². The Morgan fingerprint density at radius 2 is 1.86 bits per heavy atom. The molecule has 0 unspecified atom stereocenters. The third kappa shape index (κ3) is 3.01. The largest absolute Gasteiger partial charge is 0.388 e. The highest BCUT2D eigenvalue weighted by Gasteiger charge is 2.36. The smallest absolute Gasteiger partial charge is 0.150 e. The molecule has 9 heteroatoms. The average molecular weight is 350 g/mol. The molecule has 1 N–H and O–H groups in total. The van der Waals surface area contributed by atoms with Gasteiger partial charge in [-0.3, -0.25) is 0 Å². The van der Waals surface area contributed by atoms with Crippen molar-refractivity contribution in [3.63, 3.8) is 0 Å². The van der Waals surface area contributed by atoms with E-state index in [1.165, 1.54) is 4.68 Å². The third-order valence-corrected chi connectivity index (χ3v) is 6.13. The van der Waals surface area contributed by atoms with Crippen LogP contribution in [0.3, 0.4) is 0 Å². The SMILES string of the molecule is O=S1(=O)CCC(O)(Cn2nnc3cc(Cl)c(Cl)cc32)CC1. The molecule has 0 amide bonds. The van der Waals surface area contributed by atoms with Crippen molar-refractivity contribution in [2.75, 3.05) is 11.5 Å². The fraction of sp³-hybridized carbons (Fsp3) is 0.500. The molecule has 0 aliphatic carbocycles. The van der Waals surface area contributed by atoms with Gasteiger partial charge in [-0.25, -0.2) is 13.1 Å². The van der Waals surface area contributed by atoms with Crippen molar-refractivity contribution < 1.29 is 13.5 Å². The quantitative estimate of drug-likeness (QED) is 0.891. The molecule has 1 aliphatic rings. The second kappa shape index (κ2) is 5.08. The van der Waals surface area contributed by atoms with Crippen molar-refractivity contribution in [2.45, 2.75) is 25.0 Å². The molecule has 2 aromatic rings. The number of aromatic nitrogens is 3. The molecule has 1 saturated heterocycles. The first-order valence-corrected chi connectivity index (χ1v) is 8.97. The normalized spacial score (nSPS) is 20.7. The average Bonchev–Trinajstić information content (AvgIpc) is 2.77. The second-order valence-corrected chi connectivity index (χ2v) is 8.50. The summed E-state index contributed by atoms with van der Waals surface area (Å²) >= 11 is 11.9. The van der Waals surface area contributed by atoms with E-state index >= 15 is 0 Å². The van der Waals surface area contributed by atoms with Gasteiger partial charge in [-0.1, -0.05) is 28.4 Å². The van der Waals surface area contributed by atoms with E-state index in [4.69, 9.17) is 23.2 Å². The van der Waals surface area contributed by atoms with Crippen molar-refractivity contribution in [3.8, 4) is 0 Å². The molecule has 21 heavy (non-hydrogen) atoms. The minimum Gasteiger partial charge on any atom is -0.388 e. The first-order chi connectivity index (χ1) is 9.78. The van der Waals surface area contributed by atoms with Gasteiger partial charge in [-0.15, -0.1) is 5.10 Å². The van der Waals surface area contributed by atoms with Gasteiger partial charge in [0.15, 0.2) is 9.84 Å². The van der Waals surface area contributed by atoms with E-state index in [-0.39, 0.29) is 30.9 Å². The minimum absolute atomic E-state index is 0.0112. The molecule has 0 spiro atoms. The van der Waals surface area contributed by atoms with Crippen LogP contribution in [-0.4, -0.2) is 45.6 Å². The Hall–Kier alpha value is -0.890. The lowest BCUT2D eigenvalue weighted by Gasteiger charge is -2.31. The number of nitrogens with zero attached hydrogens (tertiary/aromatic N) is 3. The molecular weight excluding hydrogens is 337 g/mol. The van der Waals surface area contributed by atoms with Crippen LogP contribution < -0.4 is 0 Å². The lowest BCUT2D eigenvalue weighted by Crippen LogP contribution is -2.42. The van der Waals surface area contributed by atoms with Crippen molar-refractivity contribution in [1.82, 2.24) is 15.0 Å². The summed E-state index contributed by atoms with van der Waals surface area (Å²) in [5, 5.41) is 19.3. The molecule has 0 atom stereocenters. The van der Waals surface area contributed by atoms with Crippen LogP contribution in [0, 0.1) is 0 Å². The highest BCUT2D eigenvalue weighted by atomic mass is 35.5. The predicted octanol–water partition coefficient (Wildman–Crippen LogP) is 1.68. The molecule has 2 heterocycles.